The molecule has 0 spiro atoms. The highest BCUT2D eigenvalue weighted by molar-refractivity contribution is 7.98. The molecule has 5 aromatic carbocycles. The number of nitrogens with zero attached hydrogens (tertiary/aromatic N) is 2. The molecule has 0 bridgehead atoms. The van der Waals surface area contributed by atoms with Gasteiger partial charge in [-0.15, -0.1) is 11.8 Å². The molecule has 2 nitrogen and oxygen atoms in total. The van der Waals surface area contributed by atoms with Crippen LogP contribution in [0.25, 0.3) is 39.4 Å². The van der Waals surface area contributed by atoms with E-state index in [1.54, 1.807) is 17.8 Å². The van der Waals surface area contributed by atoms with Crippen LogP contribution in [-0.4, -0.2) is 10.8 Å². The van der Waals surface area contributed by atoms with Gasteiger partial charge >= 0.3 is 0 Å². The SMILES string of the molecule is C=C/C=C\C=C/N(c1ccccc1)c1ccc(-c2cccc(C3=Cc4c(c5ccccc5n4-c4ccc(SC)cc4)CC3)c2)cc1C.CC. The zero-order valence-electron chi connectivity index (χ0n) is 28.9. The number of rotatable bonds is 9. The summed E-state index contributed by atoms with van der Waals surface area (Å²) in [5.41, 5.74) is 13.8. The standard InChI is InChI=1S/C44H38N2S.C2H6/c1-4-5-6-12-28-45(37-16-8-7-9-17-37)42-27-21-35(29-32(42)2)33-14-13-15-34(30-33)36-20-26-41-40-18-10-11-19-43(40)46(44(41)31-36)38-22-24-39(47-3)25-23-38;1-2/h4-19,21-25,27-31H,1,20,26H2,2-3H3;1-2H3/b6-5-,28-12-;. The zero-order chi connectivity index (χ0) is 34.2. The highest BCUT2D eigenvalue weighted by atomic mass is 32.2. The third kappa shape index (κ3) is 7.13. The normalized spacial score (nSPS) is 12.4. The van der Waals surface area contributed by atoms with E-state index in [1.807, 2.05) is 32.1 Å². The van der Waals surface area contributed by atoms with Crippen molar-refractivity contribution in [1.29, 1.82) is 0 Å². The van der Waals surface area contributed by atoms with Gasteiger partial charge in [-0.1, -0.05) is 99.3 Å². The topological polar surface area (TPSA) is 8.17 Å². The van der Waals surface area contributed by atoms with Crippen LogP contribution in [-0.2, 0) is 6.42 Å². The lowest BCUT2D eigenvalue weighted by molar-refractivity contribution is 0.980. The minimum Gasteiger partial charge on any atom is -0.317 e. The first-order valence-electron chi connectivity index (χ1n) is 17.1. The first-order valence-corrected chi connectivity index (χ1v) is 18.4. The van der Waals surface area contributed by atoms with Gasteiger partial charge in [0.05, 0.1) is 11.2 Å². The maximum absolute atomic E-state index is 3.78. The van der Waals surface area contributed by atoms with Gasteiger partial charge in [0, 0.05) is 33.5 Å². The lowest BCUT2D eigenvalue weighted by Crippen LogP contribution is -2.09. The van der Waals surface area contributed by atoms with Gasteiger partial charge in [0.2, 0.25) is 0 Å². The smallest absolute Gasteiger partial charge is 0.0537 e. The van der Waals surface area contributed by atoms with Crippen LogP contribution in [0.15, 0.2) is 163 Å². The number of allylic oxidation sites excluding steroid dienone is 5. The summed E-state index contributed by atoms with van der Waals surface area (Å²) in [6, 6.07) is 44.1. The number of thioether (sulfide) groups is 1. The van der Waals surface area contributed by atoms with E-state index in [4.69, 9.17) is 0 Å². The summed E-state index contributed by atoms with van der Waals surface area (Å²) in [6.45, 7) is 9.98. The van der Waals surface area contributed by atoms with Gasteiger partial charge in [0.1, 0.15) is 0 Å². The summed E-state index contributed by atoms with van der Waals surface area (Å²) >= 11 is 1.78. The summed E-state index contributed by atoms with van der Waals surface area (Å²) in [7, 11) is 0. The number of para-hydroxylation sites is 2. The predicted molar refractivity (Wildman–Crippen MR) is 216 cm³/mol. The molecule has 3 heteroatoms. The van der Waals surface area contributed by atoms with Crippen LogP contribution in [0.4, 0.5) is 11.4 Å². The fourth-order valence-corrected chi connectivity index (χ4v) is 7.06. The van der Waals surface area contributed by atoms with Crippen LogP contribution >= 0.6 is 11.8 Å². The van der Waals surface area contributed by atoms with E-state index in [0.717, 1.165) is 24.2 Å². The Balaban J connectivity index is 0.00000205. The second kappa shape index (κ2) is 15.8. The molecule has 0 fully saturated rings. The highest BCUT2D eigenvalue weighted by Gasteiger charge is 2.22. The van der Waals surface area contributed by atoms with Crippen molar-refractivity contribution in [3.05, 3.63) is 181 Å². The average Bonchev–Trinajstić information content (AvgIpc) is 3.50. The van der Waals surface area contributed by atoms with Gasteiger partial charge in [-0.25, -0.2) is 0 Å². The van der Waals surface area contributed by atoms with E-state index in [1.165, 1.54) is 60.6 Å². The Morgan fingerprint density at radius 3 is 2.20 bits per heavy atom. The minimum atomic E-state index is 1.02. The molecule has 1 aromatic heterocycles. The van der Waals surface area contributed by atoms with E-state index >= 15 is 0 Å². The first-order chi connectivity index (χ1) is 24.1. The fourth-order valence-electron chi connectivity index (χ4n) is 6.65. The van der Waals surface area contributed by atoms with Crippen LogP contribution in [0, 0.1) is 6.92 Å². The lowest BCUT2D eigenvalue weighted by atomic mass is 9.89. The number of aromatic nitrogens is 1. The number of hydrogen-bond acceptors (Lipinski definition) is 2. The molecule has 0 aliphatic heterocycles. The van der Waals surface area contributed by atoms with Crippen LogP contribution in [0.2, 0.25) is 0 Å². The molecule has 7 rings (SSSR count). The Labute approximate surface area is 296 Å². The lowest BCUT2D eigenvalue weighted by Gasteiger charge is -2.23. The van der Waals surface area contributed by atoms with E-state index in [-0.39, 0.29) is 0 Å². The highest BCUT2D eigenvalue weighted by Crippen LogP contribution is 2.40. The molecule has 0 amide bonds. The molecule has 244 valence electrons. The molecule has 0 saturated heterocycles. The van der Waals surface area contributed by atoms with Crippen molar-refractivity contribution in [2.75, 3.05) is 11.2 Å². The third-order valence-electron chi connectivity index (χ3n) is 8.96. The molecule has 1 heterocycles. The van der Waals surface area contributed by atoms with Crippen molar-refractivity contribution in [2.45, 2.75) is 38.5 Å². The van der Waals surface area contributed by atoms with Crippen molar-refractivity contribution < 1.29 is 0 Å². The average molecular weight is 657 g/mol. The van der Waals surface area contributed by atoms with Gasteiger partial charge in [0.15, 0.2) is 0 Å². The molecule has 0 unspecified atom stereocenters. The Morgan fingerprint density at radius 1 is 0.714 bits per heavy atom. The fraction of sp³-hybridized carbons (Fsp3) is 0.130. The largest absolute Gasteiger partial charge is 0.317 e. The van der Waals surface area contributed by atoms with Crippen molar-refractivity contribution in [3.63, 3.8) is 0 Å². The summed E-state index contributed by atoms with van der Waals surface area (Å²) < 4.78 is 2.44. The maximum atomic E-state index is 3.78. The molecule has 1 aliphatic rings. The van der Waals surface area contributed by atoms with Crippen molar-refractivity contribution >= 4 is 45.7 Å². The van der Waals surface area contributed by atoms with Gasteiger partial charge in [0.25, 0.3) is 0 Å². The summed E-state index contributed by atoms with van der Waals surface area (Å²) in [6.07, 6.45) is 16.5. The maximum Gasteiger partial charge on any atom is 0.0537 e. The van der Waals surface area contributed by atoms with Crippen LogP contribution < -0.4 is 4.90 Å². The second-order valence-electron chi connectivity index (χ2n) is 11.8. The molecular formula is C46H44N2S. The van der Waals surface area contributed by atoms with Crippen molar-refractivity contribution in [2.24, 2.45) is 0 Å². The summed E-state index contributed by atoms with van der Waals surface area (Å²) in [4.78, 5) is 3.52. The minimum absolute atomic E-state index is 1.02. The molecule has 6 aromatic rings. The number of fused-ring (bicyclic) bond motifs is 3. The van der Waals surface area contributed by atoms with E-state index in [2.05, 4.69) is 163 Å². The predicted octanol–water partition coefficient (Wildman–Crippen LogP) is 13.2. The Bertz CT molecular complexity index is 2150. The summed E-state index contributed by atoms with van der Waals surface area (Å²) in [5.74, 6) is 0. The number of anilines is 2. The molecule has 0 radical (unpaired) electrons. The molecule has 0 N–H and O–H groups in total. The quantitative estimate of drug-likeness (QED) is 0.113. The van der Waals surface area contributed by atoms with Crippen LogP contribution in [0.5, 0.6) is 0 Å². The van der Waals surface area contributed by atoms with Gasteiger partial charge in [-0.2, -0.15) is 0 Å². The van der Waals surface area contributed by atoms with Crippen LogP contribution in [0.3, 0.4) is 0 Å². The van der Waals surface area contributed by atoms with E-state index < -0.39 is 0 Å². The monoisotopic (exact) mass is 656 g/mol. The number of aryl methyl sites for hydroxylation is 2. The molecular weight excluding hydrogens is 613 g/mol. The molecule has 49 heavy (non-hydrogen) atoms. The first kappa shape index (κ1) is 33.6. The van der Waals surface area contributed by atoms with Crippen LogP contribution in [0.1, 0.15) is 42.7 Å². The third-order valence-corrected chi connectivity index (χ3v) is 9.70. The Morgan fingerprint density at radius 2 is 1.45 bits per heavy atom. The van der Waals surface area contributed by atoms with Crippen molar-refractivity contribution in [3.8, 4) is 16.8 Å². The number of hydrogen-bond donors (Lipinski definition) is 0. The zero-order valence-corrected chi connectivity index (χ0v) is 29.8. The van der Waals surface area contributed by atoms with Gasteiger partial charge in [-0.3, -0.25) is 0 Å². The van der Waals surface area contributed by atoms with E-state index in [9.17, 15) is 0 Å². The molecule has 1 aliphatic carbocycles. The Kier molecular flexibility index (Phi) is 10.8. The molecule has 0 saturated carbocycles. The second-order valence-corrected chi connectivity index (χ2v) is 12.7. The molecule has 0 atom stereocenters. The number of benzene rings is 5. The van der Waals surface area contributed by atoms with Gasteiger partial charge in [-0.05, 0) is 132 Å². The Hall–Kier alpha value is -5.25. The summed E-state index contributed by atoms with van der Waals surface area (Å²) in [5, 5.41) is 1.35. The van der Waals surface area contributed by atoms with Crippen molar-refractivity contribution in [1.82, 2.24) is 4.57 Å². The van der Waals surface area contributed by atoms with E-state index in [0.29, 0.717) is 0 Å². The van der Waals surface area contributed by atoms with Gasteiger partial charge < -0.3 is 9.47 Å².